The Morgan fingerprint density at radius 2 is 1.76 bits per heavy atom. The predicted molar refractivity (Wildman–Crippen MR) is 120 cm³/mol. The zero-order valence-electron chi connectivity index (χ0n) is 19.4. The number of ether oxygens (including phenoxy) is 1. The summed E-state index contributed by atoms with van der Waals surface area (Å²) in [6, 6.07) is 5.58. The van der Waals surface area contributed by atoms with Crippen LogP contribution in [0.3, 0.4) is 0 Å². The van der Waals surface area contributed by atoms with Crippen LogP contribution >= 0.6 is 0 Å². The number of likely N-dealkylation sites (N-methyl/N-ethyl adjacent to an activating group) is 1. The van der Waals surface area contributed by atoms with Crippen molar-refractivity contribution in [2.75, 3.05) is 52.9 Å². The Morgan fingerprint density at radius 1 is 1.09 bits per heavy atom. The first-order chi connectivity index (χ1) is 16.2. The third kappa shape index (κ3) is 6.57. The van der Waals surface area contributed by atoms with Crippen LogP contribution in [-0.4, -0.2) is 84.4 Å². The summed E-state index contributed by atoms with van der Waals surface area (Å²) in [6.07, 6.45) is -2.16. The molecule has 8 nitrogen and oxygen atoms in total. The molecular weight excluding hydrogens is 451 g/mol. The second-order valence-corrected chi connectivity index (χ2v) is 8.19. The van der Waals surface area contributed by atoms with E-state index in [1.54, 1.807) is 0 Å². The molecule has 0 unspecified atom stereocenters. The zero-order chi connectivity index (χ0) is 24.7. The number of halogens is 3. The summed E-state index contributed by atoms with van der Waals surface area (Å²) in [5, 5.41) is 6.57. The minimum absolute atomic E-state index is 0.0546. The van der Waals surface area contributed by atoms with E-state index in [1.807, 2.05) is 0 Å². The third-order valence-corrected chi connectivity index (χ3v) is 5.69. The van der Waals surface area contributed by atoms with Crippen molar-refractivity contribution in [1.29, 1.82) is 0 Å². The molecule has 1 N–H and O–H groups in total. The molecule has 1 amide bonds. The van der Waals surface area contributed by atoms with Crippen LogP contribution in [0.2, 0.25) is 0 Å². The van der Waals surface area contributed by atoms with Crippen molar-refractivity contribution in [3.63, 3.8) is 0 Å². The number of unbranched alkanes of at least 4 members (excludes halogenated alkanes) is 1. The van der Waals surface area contributed by atoms with Gasteiger partial charge in [-0.1, -0.05) is 0 Å². The Morgan fingerprint density at radius 3 is 2.38 bits per heavy atom. The van der Waals surface area contributed by atoms with Gasteiger partial charge in [-0.25, -0.2) is 9.48 Å². The first-order valence-corrected chi connectivity index (χ1v) is 11.3. The van der Waals surface area contributed by atoms with Crippen LogP contribution in [0.25, 0.3) is 5.69 Å². The molecule has 0 aliphatic carbocycles. The molecule has 1 aromatic heterocycles. The second-order valence-electron chi connectivity index (χ2n) is 8.19. The van der Waals surface area contributed by atoms with Crippen LogP contribution in [0.4, 0.5) is 13.2 Å². The van der Waals surface area contributed by atoms with E-state index in [-0.39, 0.29) is 18.2 Å². The molecule has 0 spiro atoms. The van der Waals surface area contributed by atoms with Gasteiger partial charge in [0.25, 0.3) is 5.91 Å². The Hall–Kier alpha value is -2.92. The lowest BCUT2D eigenvalue weighted by atomic mass is 10.1. The summed E-state index contributed by atoms with van der Waals surface area (Å²) in [5.74, 6) is -1.39. The van der Waals surface area contributed by atoms with E-state index >= 15 is 0 Å². The molecule has 1 saturated heterocycles. The Balaban J connectivity index is 1.56. The molecule has 0 radical (unpaired) electrons. The highest BCUT2D eigenvalue weighted by atomic mass is 19.4. The molecule has 11 heteroatoms. The molecule has 0 saturated carbocycles. The van der Waals surface area contributed by atoms with Crippen LogP contribution in [0.5, 0.6) is 0 Å². The normalized spacial score (nSPS) is 15.3. The summed E-state index contributed by atoms with van der Waals surface area (Å²) in [5.41, 5.74) is -1.48. The smallest absolute Gasteiger partial charge is 0.434 e. The Bertz CT molecular complexity index is 967. The lowest BCUT2D eigenvalue weighted by Crippen LogP contribution is -2.44. The number of benzene rings is 1. The van der Waals surface area contributed by atoms with E-state index < -0.39 is 23.4 Å². The number of nitrogens with one attached hydrogen (secondary N) is 1. The number of nitrogens with zero attached hydrogens (tertiary/aromatic N) is 4. The van der Waals surface area contributed by atoms with E-state index in [1.165, 1.54) is 31.2 Å². The van der Waals surface area contributed by atoms with E-state index in [0.29, 0.717) is 16.8 Å². The first-order valence-electron chi connectivity index (χ1n) is 11.3. The van der Waals surface area contributed by atoms with Crippen molar-refractivity contribution in [2.24, 2.45) is 0 Å². The fourth-order valence-electron chi connectivity index (χ4n) is 3.77. The largest absolute Gasteiger partial charge is 0.462 e. The molecular formula is C23H30F3N5O3. The highest BCUT2D eigenvalue weighted by Gasteiger charge is 2.41. The molecule has 34 heavy (non-hydrogen) atoms. The van der Waals surface area contributed by atoms with E-state index in [2.05, 4.69) is 27.3 Å². The van der Waals surface area contributed by atoms with E-state index in [0.717, 1.165) is 51.8 Å². The van der Waals surface area contributed by atoms with Gasteiger partial charge in [-0.2, -0.15) is 18.3 Å². The number of hydrogen-bond acceptors (Lipinski definition) is 6. The molecule has 1 fully saturated rings. The molecule has 0 atom stereocenters. The lowest BCUT2D eigenvalue weighted by molar-refractivity contribution is -0.143. The van der Waals surface area contributed by atoms with Crippen LogP contribution in [0.1, 0.15) is 46.2 Å². The molecule has 1 aliphatic rings. The van der Waals surface area contributed by atoms with Gasteiger partial charge in [-0.3, -0.25) is 4.79 Å². The summed E-state index contributed by atoms with van der Waals surface area (Å²) < 4.78 is 46.2. The number of amides is 1. The van der Waals surface area contributed by atoms with Gasteiger partial charge in [0.05, 0.1) is 18.5 Å². The van der Waals surface area contributed by atoms with Gasteiger partial charge in [0.15, 0.2) is 5.69 Å². The van der Waals surface area contributed by atoms with E-state index in [9.17, 15) is 22.8 Å². The summed E-state index contributed by atoms with van der Waals surface area (Å²) >= 11 is 0. The molecule has 0 bridgehead atoms. The number of esters is 1. The Kier molecular flexibility index (Phi) is 8.67. The summed E-state index contributed by atoms with van der Waals surface area (Å²) in [7, 11) is 2.12. The fourth-order valence-corrected chi connectivity index (χ4v) is 3.77. The molecule has 2 heterocycles. The lowest BCUT2D eigenvalue weighted by Gasteiger charge is -2.32. The van der Waals surface area contributed by atoms with Crippen molar-refractivity contribution >= 4 is 11.9 Å². The second kappa shape index (κ2) is 11.5. The average Bonchev–Trinajstić information content (AvgIpc) is 3.26. The van der Waals surface area contributed by atoms with Gasteiger partial charge in [-0.15, -0.1) is 0 Å². The van der Waals surface area contributed by atoms with Crippen LogP contribution in [0.15, 0.2) is 30.5 Å². The maximum atomic E-state index is 13.6. The summed E-state index contributed by atoms with van der Waals surface area (Å²) in [4.78, 5) is 29.0. The van der Waals surface area contributed by atoms with Gasteiger partial charge in [0.2, 0.25) is 0 Å². The minimum Gasteiger partial charge on any atom is -0.462 e. The van der Waals surface area contributed by atoms with Crippen LogP contribution in [-0.2, 0) is 10.9 Å². The molecule has 3 rings (SSSR count). The van der Waals surface area contributed by atoms with Crippen molar-refractivity contribution in [2.45, 2.75) is 25.9 Å². The van der Waals surface area contributed by atoms with Gasteiger partial charge in [0.1, 0.15) is 5.56 Å². The quantitative estimate of drug-likeness (QED) is 0.438. The van der Waals surface area contributed by atoms with Crippen molar-refractivity contribution in [3.8, 4) is 5.69 Å². The highest BCUT2D eigenvalue weighted by molar-refractivity contribution is 5.94. The number of carbonyl (C=O) groups excluding carboxylic acids is 2. The molecule has 2 aromatic rings. The molecule has 186 valence electrons. The predicted octanol–water partition coefficient (Wildman–Crippen LogP) is 2.83. The van der Waals surface area contributed by atoms with Gasteiger partial charge in [0, 0.05) is 38.3 Å². The van der Waals surface area contributed by atoms with Crippen molar-refractivity contribution < 1.29 is 27.5 Å². The number of piperazine rings is 1. The number of alkyl halides is 3. The maximum Gasteiger partial charge on any atom is 0.434 e. The van der Waals surface area contributed by atoms with Crippen molar-refractivity contribution in [1.82, 2.24) is 24.9 Å². The topological polar surface area (TPSA) is 79.7 Å². The van der Waals surface area contributed by atoms with Crippen molar-refractivity contribution in [3.05, 3.63) is 47.3 Å². The van der Waals surface area contributed by atoms with Crippen LogP contribution < -0.4 is 5.32 Å². The van der Waals surface area contributed by atoms with E-state index in [4.69, 9.17) is 4.74 Å². The van der Waals surface area contributed by atoms with Gasteiger partial charge >= 0.3 is 12.1 Å². The van der Waals surface area contributed by atoms with Gasteiger partial charge in [-0.05, 0) is 57.6 Å². The molecule has 1 aliphatic heterocycles. The molecule has 1 aromatic carbocycles. The summed E-state index contributed by atoms with van der Waals surface area (Å²) in [6.45, 7) is 7.23. The first kappa shape index (κ1) is 25.7. The van der Waals surface area contributed by atoms with Crippen LogP contribution in [0, 0.1) is 0 Å². The number of carbonyl (C=O) groups is 2. The SMILES string of the molecule is CCOC(=O)c1cnn(-c2ccc(C(=O)NCCCCN3CCN(C)CC3)cc2)c1C(F)(F)F. The number of rotatable bonds is 9. The Labute approximate surface area is 196 Å². The monoisotopic (exact) mass is 481 g/mol. The maximum absolute atomic E-state index is 13.6. The third-order valence-electron chi connectivity index (χ3n) is 5.69. The fraction of sp³-hybridized carbons (Fsp3) is 0.522. The minimum atomic E-state index is -4.82. The zero-order valence-corrected chi connectivity index (χ0v) is 19.4. The highest BCUT2D eigenvalue weighted by Crippen LogP contribution is 2.34. The number of hydrogen-bond donors (Lipinski definition) is 1. The standard InChI is InChI=1S/C23H30F3N5O3/c1-3-34-22(33)19-16-28-31(20(19)23(24,25)26)18-8-6-17(7-9-18)21(32)27-10-4-5-11-30-14-12-29(2)13-15-30/h6-9,16H,3-5,10-15H2,1-2H3,(H,27,32). The van der Waals surface area contributed by atoms with Gasteiger partial charge < -0.3 is 19.9 Å². The number of aromatic nitrogens is 2. The average molecular weight is 482 g/mol.